The second-order valence-electron chi connectivity index (χ2n) is 22.9. The van der Waals surface area contributed by atoms with Gasteiger partial charge < -0.3 is 84.2 Å². The van der Waals surface area contributed by atoms with Crippen LogP contribution in [0, 0.1) is 5.92 Å². The number of aliphatic hydroxyl groups is 2. The number of carbonyl (C=O) groups excluding carboxylic acids is 13. The third kappa shape index (κ3) is 20.6. The van der Waals surface area contributed by atoms with Gasteiger partial charge >= 0.3 is 5.97 Å². The van der Waals surface area contributed by atoms with Gasteiger partial charge in [0.05, 0.1) is 32.2 Å². The number of nitrogens with one attached hydrogen (secondary N) is 10. The quantitative estimate of drug-likeness (QED) is 0.0213. The average Bonchev–Trinajstić information content (AvgIpc) is 2.96. The zero-order valence-electron chi connectivity index (χ0n) is 51.0. The first-order chi connectivity index (χ1) is 43.3. The minimum Gasteiger partial charge on any atom is -0.464 e. The number of carbonyl (C=O) groups is 13. The number of rotatable bonds is 33. The zero-order chi connectivity index (χ0) is 66.5. The Bertz CT molecular complexity index is 3270. The van der Waals surface area contributed by atoms with Crippen LogP contribution >= 0.6 is 0 Å². The van der Waals surface area contributed by atoms with Crippen molar-refractivity contribution in [3.05, 3.63) is 108 Å². The Morgan fingerprint density at radius 2 is 1.12 bits per heavy atom. The van der Waals surface area contributed by atoms with Crippen molar-refractivity contribution in [2.24, 2.45) is 17.4 Å². The molecule has 2 saturated heterocycles. The van der Waals surface area contributed by atoms with Gasteiger partial charge in [-0.15, -0.1) is 0 Å². The summed E-state index contributed by atoms with van der Waals surface area (Å²) in [7, 11) is 0. The van der Waals surface area contributed by atoms with Crippen LogP contribution in [-0.4, -0.2) is 183 Å². The minimum absolute atomic E-state index is 0.0188. The van der Waals surface area contributed by atoms with Gasteiger partial charge in [0.15, 0.2) is 0 Å². The molecule has 2 aliphatic rings. The average molecular weight is 1260 g/mol. The predicted molar refractivity (Wildman–Crippen MR) is 326 cm³/mol. The van der Waals surface area contributed by atoms with Gasteiger partial charge in [0.1, 0.15) is 60.4 Å². The fraction of sp³-hybridized carbons (Fsp3) is 0.468. The fourth-order valence-electron chi connectivity index (χ4n) is 10.6. The molecule has 3 heterocycles. The van der Waals surface area contributed by atoms with Crippen molar-refractivity contribution in [3.8, 4) is 0 Å². The van der Waals surface area contributed by atoms with E-state index in [2.05, 4.69) is 52.8 Å². The summed E-state index contributed by atoms with van der Waals surface area (Å²) in [6.45, 7) is 5.05. The molecule has 6 rings (SSSR count). The number of ether oxygens (including phenoxy) is 1. The maximum Gasteiger partial charge on any atom is 0.328 e. The highest BCUT2D eigenvalue weighted by Crippen LogP contribution is 2.22. The van der Waals surface area contributed by atoms with E-state index in [9.17, 15) is 72.5 Å². The molecule has 3 aromatic carbocycles. The molecule has 0 spiro atoms. The number of aliphatic hydroxyl groups excluding tert-OH is 2. The topological polar surface area (TPSA) is 451 Å². The van der Waals surface area contributed by atoms with Crippen LogP contribution in [0.4, 0.5) is 0 Å². The van der Waals surface area contributed by atoms with Crippen molar-refractivity contribution < 1.29 is 77.3 Å². The van der Waals surface area contributed by atoms with Crippen LogP contribution in [0.3, 0.4) is 0 Å². The lowest BCUT2D eigenvalue weighted by Crippen LogP contribution is -2.62. The summed E-state index contributed by atoms with van der Waals surface area (Å²) >= 11 is 0. The van der Waals surface area contributed by atoms with Crippen LogP contribution in [0.1, 0.15) is 89.3 Å². The van der Waals surface area contributed by atoms with E-state index in [1.165, 1.54) is 0 Å². The van der Waals surface area contributed by atoms with E-state index in [-0.39, 0.29) is 76.3 Å². The van der Waals surface area contributed by atoms with Crippen LogP contribution < -0.4 is 59.3 Å². The number of hydrogen-bond donors (Lipinski definition) is 14. The number of esters is 1. The lowest BCUT2D eigenvalue weighted by molar-refractivity contribution is -0.147. The highest BCUT2D eigenvalue weighted by Gasteiger charge is 2.42. The number of likely N-dealkylation sites (tertiary alicyclic amines) is 1. The number of benzene rings is 3. The smallest absolute Gasteiger partial charge is 0.328 e. The number of hydrogen-bond acceptors (Lipinski definition) is 16. The van der Waals surface area contributed by atoms with Crippen LogP contribution in [0.15, 0.2) is 91.1 Å². The van der Waals surface area contributed by atoms with Crippen LogP contribution in [-0.2, 0) is 86.3 Å². The largest absolute Gasteiger partial charge is 0.464 e. The number of nitrogens with zero attached hydrogens (tertiary/aromatic N) is 1. The molecule has 29 heteroatoms. The molecule has 91 heavy (non-hydrogen) atoms. The van der Waals surface area contributed by atoms with E-state index in [1.807, 2.05) is 32.0 Å². The molecule has 0 radical (unpaired) electrons. The molecule has 1 aromatic heterocycles. The third-order valence-electron chi connectivity index (χ3n) is 15.2. The molecule has 11 atom stereocenters. The monoisotopic (exact) mass is 1260 g/mol. The molecule has 0 bridgehead atoms. The first kappa shape index (κ1) is 70.3. The molecular formula is C62H81N13O16. The number of para-hydroxylation sites is 1. The number of primary amides is 2. The lowest BCUT2D eigenvalue weighted by Gasteiger charge is -2.31. The van der Waals surface area contributed by atoms with E-state index < -0.39 is 157 Å². The van der Waals surface area contributed by atoms with Crippen LogP contribution in [0.2, 0.25) is 0 Å². The number of aromatic nitrogens is 1. The van der Waals surface area contributed by atoms with Crippen LogP contribution in [0.5, 0.6) is 0 Å². The Hall–Kier alpha value is -9.77. The highest BCUT2D eigenvalue weighted by atomic mass is 16.5. The molecule has 0 unspecified atom stereocenters. The summed E-state index contributed by atoms with van der Waals surface area (Å²) in [5, 5.41) is 44.6. The number of fused-ring (bicyclic) bond motifs is 1. The Morgan fingerprint density at radius 1 is 0.604 bits per heavy atom. The van der Waals surface area contributed by atoms with E-state index in [0.29, 0.717) is 16.7 Å². The molecule has 2 fully saturated rings. The summed E-state index contributed by atoms with van der Waals surface area (Å²) in [6.07, 6.45) is -1.41. The molecule has 4 aromatic rings. The molecule has 490 valence electrons. The van der Waals surface area contributed by atoms with Gasteiger partial charge in [0.25, 0.3) is 0 Å². The number of nitrogens with two attached hydrogens (primary N) is 2. The van der Waals surface area contributed by atoms with Crippen LogP contribution in [0.25, 0.3) is 10.9 Å². The Kier molecular flexibility index (Phi) is 26.0. The maximum absolute atomic E-state index is 14.4. The second kappa shape index (κ2) is 33.7. The second-order valence-corrected chi connectivity index (χ2v) is 22.9. The molecule has 2 aliphatic heterocycles. The molecule has 0 saturated carbocycles. The molecule has 12 amide bonds. The Morgan fingerprint density at radius 3 is 1.67 bits per heavy atom. The van der Waals surface area contributed by atoms with E-state index >= 15 is 0 Å². The third-order valence-corrected chi connectivity index (χ3v) is 15.2. The maximum atomic E-state index is 14.4. The van der Waals surface area contributed by atoms with Crippen molar-refractivity contribution >= 4 is 87.8 Å². The number of aromatic amines is 1. The molecule has 16 N–H and O–H groups in total. The van der Waals surface area contributed by atoms with Gasteiger partial charge in [-0.05, 0) is 68.2 Å². The highest BCUT2D eigenvalue weighted by molar-refractivity contribution is 6.01. The first-order valence-electron chi connectivity index (χ1n) is 30.0. The molecule has 0 aliphatic carbocycles. The van der Waals surface area contributed by atoms with Gasteiger partial charge in [-0.25, -0.2) is 4.79 Å². The van der Waals surface area contributed by atoms with Gasteiger partial charge in [-0.2, -0.15) is 0 Å². The van der Waals surface area contributed by atoms with Crippen molar-refractivity contribution in [1.29, 1.82) is 0 Å². The first-order valence-corrected chi connectivity index (χ1v) is 30.0. The van der Waals surface area contributed by atoms with Crippen molar-refractivity contribution in [3.63, 3.8) is 0 Å². The van der Waals surface area contributed by atoms with Gasteiger partial charge in [0.2, 0.25) is 70.9 Å². The Labute approximate surface area is 524 Å². The minimum atomic E-state index is -1.96. The summed E-state index contributed by atoms with van der Waals surface area (Å²) in [4.78, 5) is 181. The predicted octanol–water partition coefficient (Wildman–Crippen LogP) is -2.92. The summed E-state index contributed by atoms with van der Waals surface area (Å²) in [5.41, 5.74) is 13.7. The number of amides is 12. The SMILES string of the molecule is CCOC(=O)[C@H](Cc1c[nH]c2ccccc12)NC(=O)[C@H](Cc1ccccc1)NC(=O)[C@H](CC(N)=O)NC(=O)[C@@H](NC(=O)[C@H](CO)NC(=O)[C@@H]1CCCN1C(=O)[C@H](CC(N)=O)NC(=O)[C@H](Cc1ccccc1)NC(=O)[C@H](CC(C)C)NC(=O)[C@@H]1CCC(=O)N1)[C@@H](C)O. The summed E-state index contributed by atoms with van der Waals surface area (Å²) in [6, 6.07) is 9.20. The van der Waals surface area contributed by atoms with Gasteiger partial charge in [0, 0.05) is 49.3 Å². The number of H-pyrrole nitrogens is 1. The van der Waals surface area contributed by atoms with Gasteiger partial charge in [-0.1, -0.05) is 92.7 Å². The summed E-state index contributed by atoms with van der Waals surface area (Å²) < 4.78 is 5.30. The summed E-state index contributed by atoms with van der Waals surface area (Å²) in [5.74, 6) is -12.1. The van der Waals surface area contributed by atoms with Crippen molar-refractivity contribution in [1.82, 2.24) is 57.7 Å². The fourth-order valence-corrected chi connectivity index (χ4v) is 10.6. The van der Waals surface area contributed by atoms with E-state index in [1.54, 1.807) is 79.9 Å². The lowest BCUT2D eigenvalue weighted by atomic mass is 10.00. The normalized spacial score (nSPS) is 17.4. The molecule has 29 nitrogen and oxygen atoms in total. The van der Waals surface area contributed by atoms with Crippen molar-refractivity contribution in [2.75, 3.05) is 19.8 Å². The van der Waals surface area contributed by atoms with E-state index in [0.717, 1.165) is 22.7 Å². The van der Waals surface area contributed by atoms with E-state index in [4.69, 9.17) is 16.2 Å². The standard InChI is InChI=1S/C62H81N13O16/c1-5-91-62(90)46(28-37-31-65-39-20-13-12-19-38(37)39)72-56(84)43(27-36-17-10-7-11-18-36)69-57(85)44(29-49(63)78)70-60(88)52(34(4)77)74-58(86)47(32-76)73-59(87)48-21-14-24-75(48)61(89)45(30-50(64)79)71-55(83)42(26-35-15-8-6-9-16-35)68-54(82)41(25-33(2)3)67-53(81)40-22-23-51(80)66-40/h6-13,15-20,31,33-34,40-48,52,65,76-77H,5,14,21-30,32H2,1-4H3,(H2,63,78)(H2,64,79)(H,66,80)(H,67,81)(H,68,82)(H,69,85)(H,70,88)(H,71,83)(H,72,84)(H,73,87)(H,74,86)/t34-,40+,41+,42+,43+,44+,45+,46+,47+,48+,52+/m1/s1. The zero-order valence-corrected chi connectivity index (χ0v) is 51.0. The van der Waals surface area contributed by atoms with Crippen molar-refractivity contribution in [2.45, 2.75) is 158 Å². The van der Waals surface area contributed by atoms with Gasteiger partial charge in [-0.3, -0.25) is 57.5 Å². The Balaban J connectivity index is 1.13. The molecular weight excluding hydrogens is 1180 g/mol.